The standard InChI is InChI=1S/C14H12ClNO5P.Pb/c1-21-11-6-7(17)5-8(14(18)22)12(11)13-9(15)3-2-4-10(13)16(19)20;/h2-6,17-18H,22H2,1H3;. The van der Waals surface area contributed by atoms with Crippen molar-refractivity contribution in [3.8, 4) is 22.6 Å². The van der Waals surface area contributed by atoms with E-state index in [9.17, 15) is 20.3 Å². The molecule has 2 atom stereocenters. The molecule has 0 aliphatic heterocycles. The van der Waals surface area contributed by atoms with E-state index in [1.54, 1.807) is 0 Å². The quantitative estimate of drug-likeness (QED) is 0.266. The summed E-state index contributed by atoms with van der Waals surface area (Å²) in [6.07, 6.45) is 0. The van der Waals surface area contributed by atoms with Gasteiger partial charge in [0.1, 0.15) is 0 Å². The van der Waals surface area contributed by atoms with Crippen molar-refractivity contribution in [2.24, 2.45) is 0 Å². The Labute approximate surface area is 155 Å². The summed E-state index contributed by atoms with van der Waals surface area (Å²) in [4.78, 5) is 10.8. The first kappa shape index (κ1) is 18.4. The summed E-state index contributed by atoms with van der Waals surface area (Å²) in [5.74, 6) is 0.0694. The van der Waals surface area contributed by atoms with Crippen LogP contribution < -0.4 is 4.74 Å². The topological polar surface area (TPSA) is 92.8 Å². The van der Waals surface area contributed by atoms with Gasteiger partial charge in [0.15, 0.2) is 0 Å². The van der Waals surface area contributed by atoms with E-state index in [0.717, 1.165) is 0 Å². The normalized spacial score (nSPS) is 13.4. The second-order valence-corrected chi connectivity index (χ2v) is 11.2. The number of nitro benzene ring substituents is 1. The van der Waals surface area contributed by atoms with Gasteiger partial charge in [-0.05, 0) is 0 Å². The van der Waals surface area contributed by atoms with E-state index in [1.807, 2.05) is 0 Å². The van der Waals surface area contributed by atoms with Crippen LogP contribution in [0.1, 0.15) is 5.56 Å². The van der Waals surface area contributed by atoms with Crippen LogP contribution in [0.15, 0.2) is 30.3 Å². The molecule has 0 aliphatic rings. The maximum absolute atomic E-state index is 11.4. The first-order valence-corrected chi connectivity index (χ1v) is 9.17. The molecule has 0 bridgehead atoms. The van der Waals surface area contributed by atoms with E-state index in [4.69, 9.17) is 16.3 Å². The number of phenolic OH excluding ortho intramolecular Hbond substituents is 1. The number of hydrogen-bond acceptors (Lipinski definition) is 5. The van der Waals surface area contributed by atoms with E-state index in [-0.39, 0.29) is 33.3 Å². The van der Waals surface area contributed by atoms with Gasteiger partial charge < -0.3 is 0 Å². The number of aromatic hydroxyl groups is 1. The third-order valence-corrected chi connectivity index (χ3v) is 4.83. The van der Waals surface area contributed by atoms with Crippen LogP contribution in [-0.2, 0) is 2.90 Å². The Morgan fingerprint density at radius 1 is 1.39 bits per heavy atom. The Bertz CT molecular complexity index is 778. The van der Waals surface area contributed by atoms with Crippen molar-refractivity contribution in [3.05, 3.63) is 51.0 Å². The average Bonchev–Trinajstić information content (AvgIpc) is 2.45. The summed E-state index contributed by atoms with van der Waals surface area (Å²) in [7, 11) is 3.65. The number of phenols is 1. The molecule has 2 aromatic rings. The molecule has 2 aromatic carbocycles. The van der Waals surface area contributed by atoms with Crippen molar-refractivity contribution in [1.29, 1.82) is 0 Å². The Hall–Kier alpha value is -0.958. The van der Waals surface area contributed by atoms with Gasteiger partial charge in [0.05, 0.1) is 0 Å². The Morgan fingerprint density at radius 2 is 2.04 bits per heavy atom. The summed E-state index contributed by atoms with van der Waals surface area (Å²) in [6, 6.07) is 7.00. The molecule has 23 heavy (non-hydrogen) atoms. The molecule has 2 unspecified atom stereocenters. The summed E-state index contributed by atoms with van der Waals surface area (Å²) < 4.78 is 3.93. The summed E-state index contributed by atoms with van der Waals surface area (Å²) in [5.41, 5.74) is 0.513. The van der Waals surface area contributed by atoms with Crippen molar-refractivity contribution in [2.45, 2.75) is 2.90 Å². The Kier molecular flexibility index (Phi) is 5.50. The second-order valence-electron chi connectivity index (χ2n) is 4.73. The van der Waals surface area contributed by atoms with E-state index in [1.165, 1.54) is 37.4 Å². The van der Waals surface area contributed by atoms with Gasteiger partial charge in [0.2, 0.25) is 0 Å². The Morgan fingerprint density at radius 3 is 2.57 bits per heavy atom. The van der Waals surface area contributed by atoms with Crippen LogP contribution >= 0.6 is 20.8 Å². The van der Waals surface area contributed by atoms with Gasteiger partial charge in [0, 0.05) is 0 Å². The minimum atomic E-state index is -1.33. The van der Waals surface area contributed by atoms with Crippen LogP contribution in [0.2, 0.25) is 5.02 Å². The summed E-state index contributed by atoms with van der Waals surface area (Å²) in [5, 5.41) is 31.8. The Balaban J connectivity index is 2.97. The number of hydrogen-bond donors (Lipinski definition) is 2. The zero-order chi connectivity index (χ0) is 17.4. The van der Waals surface area contributed by atoms with Crippen LogP contribution in [0, 0.1) is 10.1 Å². The molecule has 3 radical (unpaired) electrons. The van der Waals surface area contributed by atoms with E-state index >= 15 is 0 Å². The molecule has 119 valence electrons. The van der Waals surface area contributed by atoms with Gasteiger partial charge in [-0.1, -0.05) is 0 Å². The SMILES string of the molecule is COc1cc(O)cc([C](O)(P)[Pb])c1-c1c(Cl)cccc1[N+](=O)[O-]. The first-order chi connectivity index (χ1) is 10.7. The van der Waals surface area contributed by atoms with E-state index in [0.29, 0.717) is 31.3 Å². The zero-order valence-electron chi connectivity index (χ0n) is 11.9. The molecule has 0 aliphatic carbocycles. The van der Waals surface area contributed by atoms with Crippen LogP contribution in [-0.4, -0.2) is 48.0 Å². The molecule has 0 saturated carbocycles. The van der Waals surface area contributed by atoms with Crippen LogP contribution in [0.4, 0.5) is 5.69 Å². The second kappa shape index (κ2) is 6.88. The maximum atomic E-state index is 11.4. The fourth-order valence-corrected chi connectivity index (χ4v) is 3.49. The fourth-order valence-electron chi connectivity index (χ4n) is 2.23. The molecule has 2 N–H and O–H groups in total. The van der Waals surface area contributed by atoms with Gasteiger partial charge in [0.25, 0.3) is 0 Å². The molecule has 9 heteroatoms. The average molecular weight is 548 g/mol. The van der Waals surface area contributed by atoms with Crippen molar-refractivity contribution < 1.29 is 19.9 Å². The van der Waals surface area contributed by atoms with Crippen LogP contribution in [0.5, 0.6) is 11.5 Å². The van der Waals surface area contributed by atoms with Gasteiger partial charge in [-0.3, -0.25) is 0 Å². The molecule has 2 rings (SSSR count). The molecular formula is C14H12ClNO5PPb. The summed E-state index contributed by atoms with van der Waals surface area (Å²) >= 11 is 6.49. The monoisotopic (exact) mass is 548 g/mol. The predicted octanol–water partition coefficient (Wildman–Crippen LogP) is 2.78. The zero-order valence-corrected chi connectivity index (χ0v) is 17.7. The van der Waals surface area contributed by atoms with Crippen LogP contribution in [0.25, 0.3) is 11.1 Å². The number of aliphatic hydroxyl groups is 1. The van der Waals surface area contributed by atoms with E-state index < -0.39 is 7.82 Å². The molecule has 0 aromatic heterocycles. The molecule has 0 fully saturated rings. The molecular weight excluding hydrogens is 536 g/mol. The minimum absolute atomic E-state index is 0.118. The van der Waals surface area contributed by atoms with Gasteiger partial charge >= 0.3 is 156 Å². The predicted molar refractivity (Wildman–Crippen MR) is 91.1 cm³/mol. The van der Waals surface area contributed by atoms with Gasteiger partial charge in [-0.25, -0.2) is 0 Å². The van der Waals surface area contributed by atoms with Crippen molar-refractivity contribution in [2.75, 3.05) is 7.11 Å². The molecule has 0 saturated heterocycles. The number of nitro groups is 1. The number of nitrogens with zero attached hydrogens (tertiary/aromatic N) is 1. The molecule has 0 spiro atoms. The molecule has 6 nitrogen and oxygen atoms in total. The van der Waals surface area contributed by atoms with Crippen LogP contribution in [0.3, 0.4) is 0 Å². The van der Waals surface area contributed by atoms with E-state index in [2.05, 4.69) is 9.24 Å². The number of methoxy groups -OCH3 is 1. The van der Waals surface area contributed by atoms with Crippen molar-refractivity contribution in [3.63, 3.8) is 0 Å². The first-order valence-electron chi connectivity index (χ1n) is 6.27. The summed E-state index contributed by atoms with van der Waals surface area (Å²) in [6.45, 7) is 0. The number of benzene rings is 2. The third kappa shape index (κ3) is 3.76. The fraction of sp³-hybridized carbons (Fsp3) is 0.143. The number of ether oxygens (including phenoxy) is 1. The van der Waals surface area contributed by atoms with Crippen molar-refractivity contribution in [1.82, 2.24) is 0 Å². The number of halogens is 1. The molecule has 0 amide bonds. The van der Waals surface area contributed by atoms with Crippen molar-refractivity contribution >= 4 is 52.3 Å². The van der Waals surface area contributed by atoms with Gasteiger partial charge in [-0.2, -0.15) is 0 Å². The number of rotatable bonds is 4. The molecule has 0 heterocycles. The van der Waals surface area contributed by atoms with Gasteiger partial charge in [-0.15, -0.1) is 0 Å². The third-order valence-electron chi connectivity index (χ3n) is 3.16.